The minimum absolute atomic E-state index is 0.283. The largest absolute Gasteiger partial charge is 0.457 e. The van der Waals surface area contributed by atoms with E-state index in [1.165, 1.54) is 27.5 Å². The summed E-state index contributed by atoms with van der Waals surface area (Å²) >= 11 is 0. The summed E-state index contributed by atoms with van der Waals surface area (Å²) in [6, 6.07) is 34.0. The first-order chi connectivity index (χ1) is 16.0. The minimum atomic E-state index is -0.283. The van der Waals surface area contributed by atoms with Gasteiger partial charge in [-0.1, -0.05) is 105 Å². The first kappa shape index (κ1) is 21.0. The van der Waals surface area contributed by atoms with Gasteiger partial charge in [0.1, 0.15) is 11.3 Å². The Bertz CT molecular complexity index is 1440. The fraction of sp³-hybridized carbons (Fsp3) is 0.125. The number of furan rings is 1. The molecule has 0 bridgehead atoms. The summed E-state index contributed by atoms with van der Waals surface area (Å²) in [5.41, 5.74) is 5.60. The van der Waals surface area contributed by atoms with Crippen LogP contribution in [0.2, 0.25) is 0 Å². The monoisotopic (exact) mass is 428 g/mol. The molecule has 0 spiro atoms. The molecular weight excluding hydrogens is 400 g/mol. The predicted molar refractivity (Wildman–Crippen MR) is 141 cm³/mol. The van der Waals surface area contributed by atoms with Crippen molar-refractivity contribution in [3.05, 3.63) is 138 Å². The van der Waals surface area contributed by atoms with Crippen molar-refractivity contribution >= 4 is 27.8 Å². The highest BCUT2D eigenvalue weighted by Gasteiger charge is 2.32. The molecule has 162 valence electrons. The first-order valence-electron chi connectivity index (χ1n) is 11.4. The van der Waals surface area contributed by atoms with Crippen molar-refractivity contribution in [3.8, 4) is 0 Å². The highest BCUT2D eigenvalue weighted by atomic mass is 16.3. The van der Waals surface area contributed by atoms with Crippen molar-refractivity contribution in [3.63, 3.8) is 0 Å². The molecule has 0 saturated carbocycles. The van der Waals surface area contributed by atoms with Crippen molar-refractivity contribution in [2.45, 2.75) is 25.7 Å². The number of aryl methyl sites for hydroxylation is 1. The normalized spacial score (nSPS) is 13.5. The lowest BCUT2D eigenvalue weighted by Gasteiger charge is -2.34. The summed E-state index contributed by atoms with van der Waals surface area (Å²) in [6.45, 7) is 9.12. The number of benzene rings is 4. The van der Waals surface area contributed by atoms with Crippen LogP contribution in [0.4, 0.5) is 0 Å². The van der Waals surface area contributed by atoms with Crippen LogP contribution in [0.25, 0.3) is 27.8 Å². The summed E-state index contributed by atoms with van der Waals surface area (Å²) in [4.78, 5) is 0. The van der Waals surface area contributed by atoms with Gasteiger partial charge in [-0.15, -0.1) is 0 Å². The molecular formula is C32H28O. The Morgan fingerprint density at radius 3 is 2.33 bits per heavy atom. The molecule has 5 aromatic rings. The second kappa shape index (κ2) is 8.60. The predicted octanol–water partition coefficient (Wildman–Crippen LogP) is 8.66. The molecule has 0 amide bonds. The van der Waals surface area contributed by atoms with E-state index in [-0.39, 0.29) is 5.41 Å². The fourth-order valence-corrected chi connectivity index (χ4v) is 4.93. The maximum Gasteiger partial charge on any atom is 0.134 e. The van der Waals surface area contributed by atoms with Gasteiger partial charge in [-0.3, -0.25) is 0 Å². The summed E-state index contributed by atoms with van der Waals surface area (Å²) in [5.74, 6) is 0.842. The van der Waals surface area contributed by atoms with Crippen molar-refractivity contribution < 1.29 is 4.42 Å². The van der Waals surface area contributed by atoms with Crippen molar-refractivity contribution in [2.75, 3.05) is 0 Å². The summed E-state index contributed by atoms with van der Waals surface area (Å²) in [6.07, 6.45) is 5.04. The topological polar surface area (TPSA) is 13.1 Å². The van der Waals surface area contributed by atoms with Crippen molar-refractivity contribution in [1.29, 1.82) is 0 Å². The van der Waals surface area contributed by atoms with Gasteiger partial charge >= 0.3 is 0 Å². The van der Waals surface area contributed by atoms with Gasteiger partial charge < -0.3 is 4.42 Å². The molecule has 1 heterocycles. The van der Waals surface area contributed by atoms with Gasteiger partial charge in [-0.25, -0.2) is 0 Å². The molecule has 0 saturated heterocycles. The number of hydrogen-bond acceptors (Lipinski definition) is 1. The number of rotatable bonds is 6. The Morgan fingerprint density at radius 1 is 0.848 bits per heavy atom. The van der Waals surface area contributed by atoms with E-state index in [0.717, 1.165) is 28.7 Å². The Kier molecular flexibility index (Phi) is 5.48. The Hall–Kier alpha value is -3.84. The van der Waals surface area contributed by atoms with Gasteiger partial charge in [0.25, 0.3) is 0 Å². The average Bonchev–Trinajstić information content (AvgIpc) is 3.26. The van der Waals surface area contributed by atoms with E-state index in [1.54, 1.807) is 0 Å². The van der Waals surface area contributed by atoms with Gasteiger partial charge in [-0.05, 0) is 64.6 Å². The zero-order valence-electron chi connectivity index (χ0n) is 19.2. The minimum Gasteiger partial charge on any atom is -0.457 e. The zero-order chi connectivity index (χ0) is 22.8. The smallest absolute Gasteiger partial charge is 0.134 e. The van der Waals surface area contributed by atoms with E-state index in [1.807, 2.05) is 24.3 Å². The van der Waals surface area contributed by atoms with Gasteiger partial charge in [0.05, 0.1) is 0 Å². The molecule has 0 aliphatic heterocycles. The molecule has 0 N–H and O–H groups in total. The highest BCUT2D eigenvalue weighted by Crippen LogP contribution is 2.41. The quantitative estimate of drug-likeness (QED) is 0.247. The third-order valence-corrected chi connectivity index (χ3v) is 6.69. The molecule has 1 atom stereocenters. The maximum absolute atomic E-state index is 6.02. The lowest BCUT2D eigenvalue weighted by atomic mass is 9.69. The van der Waals surface area contributed by atoms with Crippen LogP contribution in [0.5, 0.6) is 0 Å². The second-order valence-corrected chi connectivity index (χ2v) is 9.02. The zero-order valence-corrected chi connectivity index (χ0v) is 19.2. The van der Waals surface area contributed by atoms with Gasteiger partial charge in [0.15, 0.2) is 0 Å². The van der Waals surface area contributed by atoms with Crippen molar-refractivity contribution in [2.24, 2.45) is 0 Å². The van der Waals surface area contributed by atoms with Crippen LogP contribution in [0.15, 0.2) is 120 Å². The molecule has 4 aromatic carbocycles. The summed E-state index contributed by atoms with van der Waals surface area (Å²) in [5, 5.41) is 3.65. The van der Waals surface area contributed by atoms with E-state index < -0.39 is 0 Å². The highest BCUT2D eigenvalue weighted by molar-refractivity contribution is 5.88. The average molecular weight is 429 g/mol. The third kappa shape index (κ3) is 4.03. The summed E-state index contributed by atoms with van der Waals surface area (Å²) in [7, 11) is 0. The third-order valence-electron chi connectivity index (χ3n) is 6.69. The van der Waals surface area contributed by atoms with Crippen LogP contribution >= 0.6 is 0 Å². The van der Waals surface area contributed by atoms with Gasteiger partial charge in [0.2, 0.25) is 0 Å². The number of fused-ring (bicyclic) bond motifs is 2. The van der Waals surface area contributed by atoms with E-state index in [2.05, 4.69) is 105 Å². The number of hydrogen-bond donors (Lipinski definition) is 0. The van der Waals surface area contributed by atoms with Gasteiger partial charge in [-0.2, -0.15) is 0 Å². The van der Waals surface area contributed by atoms with Gasteiger partial charge in [0, 0.05) is 10.8 Å². The van der Waals surface area contributed by atoms with Crippen LogP contribution in [0.1, 0.15) is 29.4 Å². The van der Waals surface area contributed by atoms with E-state index >= 15 is 0 Å². The number of allylic oxidation sites excluding steroid dienone is 2. The van der Waals surface area contributed by atoms with Crippen LogP contribution in [0.3, 0.4) is 0 Å². The Morgan fingerprint density at radius 2 is 1.55 bits per heavy atom. The maximum atomic E-state index is 6.02. The van der Waals surface area contributed by atoms with Crippen LogP contribution < -0.4 is 0 Å². The molecule has 0 fully saturated rings. The Labute approximate surface area is 195 Å². The number of para-hydroxylation sites is 1. The SMILES string of the molecule is C=C(/C=C/c1cc2ccccc2o1)C(C)(Cc1ccccc1)c1c(C)ccc2ccccc12. The van der Waals surface area contributed by atoms with E-state index in [0.29, 0.717) is 0 Å². The lowest BCUT2D eigenvalue weighted by Crippen LogP contribution is -2.28. The molecule has 1 nitrogen and oxygen atoms in total. The molecule has 1 aromatic heterocycles. The van der Waals surface area contributed by atoms with E-state index in [9.17, 15) is 0 Å². The lowest BCUT2D eigenvalue weighted by molar-refractivity contribution is 0.569. The molecule has 1 unspecified atom stereocenters. The van der Waals surface area contributed by atoms with E-state index in [4.69, 9.17) is 4.42 Å². The molecule has 5 rings (SSSR count). The van der Waals surface area contributed by atoms with Crippen LogP contribution in [0, 0.1) is 6.92 Å². The summed E-state index contributed by atoms with van der Waals surface area (Å²) < 4.78 is 6.02. The van der Waals surface area contributed by atoms with Crippen molar-refractivity contribution in [1.82, 2.24) is 0 Å². The molecule has 33 heavy (non-hydrogen) atoms. The molecule has 0 aliphatic rings. The Balaban J connectivity index is 1.61. The molecule has 0 aliphatic carbocycles. The standard InChI is InChI=1S/C32H28O/c1-23-17-19-26-13-7-9-15-29(26)31(23)32(3,22-25-11-5-4-6-12-25)24(2)18-20-28-21-27-14-8-10-16-30(27)33-28/h4-21H,2,22H2,1,3H3/b20-18+. The van der Waals surface area contributed by atoms with Crippen LogP contribution in [-0.2, 0) is 11.8 Å². The second-order valence-electron chi connectivity index (χ2n) is 9.02. The molecule has 0 radical (unpaired) electrons. The first-order valence-corrected chi connectivity index (χ1v) is 11.4. The van der Waals surface area contributed by atoms with Crippen LogP contribution in [-0.4, -0.2) is 0 Å². The fourth-order valence-electron chi connectivity index (χ4n) is 4.93. The molecule has 1 heteroatoms.